The number of carboxylic acid groups (broad SMARTS) is 5. The van der Waals surface area contributed by atoms with E-state index in [2.05, 4.69) is 79.8 Å². The molecule has 45 heteroatoms. The zero-order chi connectivity index (χ0) is 88.9. The molecule has 25 N–H and O–H groups in total. The van der Waals surface area contributed by atoms with Gasteiger partial charge in [-0.25, -0.2) is 0 Å². The molecule has 0 fully saturated rings. The minimum absolute atomic E-state index is 0.123. The molecular weight excluding hydrogens is 1540 g/mol. The van der Waals surface area contributed by atoms with E-state index in [1.54, 1.807) is 71.9 Å². The minimum atomic E-state index is -2.12. The zero-order valence-corrected chi connectivity index (χ0v) is 66.1. The predicted molar refractivity (Wildman–Crippen MR) is 400 cm³/mol. The number of hydrogen-bond acceptors (Lipinski definition) is 24. The Balaban J connectivity index is 3.53. The summed E-state index contributed by atoms with van der Waals surface area (Å²) in [5.74, 6) is -28.2. The number of carbonyl (C=O) groups is 21. The van der Waals surface area contributed by atoms with Gasteiger partial charge in [0, 0.05) is 26.2 Å². The highest BCUT2D eigenvalue weighted by atomic mass is 16.4. The van der Waals surface area contributed by atoms with Gasteiger partial charge in [-0.1, -0.05) is 71.9 Å². The van der Waals surface area contributed by atoms with Gasteiger partial charge in [-0.3, -0.25) is 101 Å². The Kier molecular flexibility index (Phi) is 44.2. The predicted octanol–water partition coefficient (Wildman–Crippen LogP) is -7.89. The van der Waals surface area contributed by atoms with Crippen molar-refractivity contribution in [3.05, 3.63) is 35.9 Å². The van der Waals surface area contributed by atoms with E-state index in [4.69, 9.17) is 5.73 Å². The molecule has 1 rings (SSSR count). The van der Waals surface area contributed by atoms with Crippen molar-refractivity contribution in [3.63, 3.8) is 0 Å². The first-order valence-corrected chi connectivity index (χ1v) is 36.8. The molecule has 0 unspecified atom stereocenters. The van der Waals surface area contributed by atoms with Crippen LogP contribution >= 0.6 is 0 Å². The monoisotopic (exact) mass is 1650 g/mol. The van der Waals surface area contributed by atoms with Crippen LogP contribution in [-0.2, 0) is 107 Å². The quantitative estimate of drug-likeness (QED) is 0.0288. The van der Waals surface area contributed by atoms with E-state index in [9.17, 15) is 142 Å². The third-order valence-corrected chi connectivity index (χ3v) is 16.8. The van der Waals surface area contributed by atoms with E-state index in [0.717, 1.165) is 34.6 Å². The Hall–Kier alpha value is -12.0. The molecule has 1 aromatic rings. The largest absolute Gasteiger partial charge is 0.481 e. The second kappa shape index (κ2) is 50.2. The molecule has 0 bridgehead atoms. The highest BCUT2D eigenvalue weighted by Gasteiger charge is 2.40. The average Bonchev–Trinajstić information content (AvgIpc) is 0.852. The second-order valence-electron chi connectivity index (χ2n) is 28.8. The van der Waals surface area contributed by atoms with Crippen molar-refractivity contribution < 1.29 is 142 Å². The lowest BCUT2D eigenvalue weighted by molar-refractivity contribution is -0.142. The van der Waals surface area contributed by atoms with Crippen LogP contribution in [0.1, 0.15) is 153 Å². The molecule has 17 atom stereocenters. The second-order valence-corrected chi connectivity index (χ2v) is 28.8. The number of aliphatic carboxylic acids is 5. The van der Waals surface area contributed by atoms with Crippen LogP contribution in [0.2, 0.25) is 0 Å². The molecule has 16 amide bonds. The molecule has 0 aromatic heterocycles. The molecule has 1 aromatic carbocycles. The normalized spacial score (nSPS) is 15.5. The van der Waals surface area contributed by atoms with Crippen molar-refractivity contribution in [3.8, 4) is 0 Å². The van der Waals surface area contributed by atoms with E-state index >= 15 is 0 Å². The van der Waals surface area contributed by atoms with Gasteiger partial charge in [0.25, 0.3) is 0 Å². The zero-order valence-electron chi connectivity index (χ0n) is 66.1. The van der Waals surface area contributed by atoms with Gasteiger partial charge in [-0.05, 0) is 90.0 Å². The summed E-state index contributed by atoms with van der Waals surface area (Å²) in [5, 5.41) is 113. The number of hydrogen-bond donors (Lipinski definition) is 24. The third-order valence-electron chi connectivity index (χ3n) is 16.8. The number of benzene rings is 1. The van der Waals surface area contributed by atoms with Gasteiger partial charge in [0.2, 0.25) is 94.5 Å². The molecule has 0 spiro atoms. The molecule has 116 heavy (non-hydrogen) atoms. The van der Waals surface area contributed by atoms with Crippen LogP contribution in [0.5, 0.6) is 0 Å². The summed E-state index contributed by atoms with van der Waals surface area (Å²) < 4.78 is 0. The van der Waals surface area contributed by atoms with E-state index in [0.29, 0.717) is 5.56 Å². The Labute approximate surface area is 665 Å². The lowest BCUT2D eigenvalue weighted by Crippen LogP contribution is -2.62. The summed E-state index contributed by atoms with van der Waals surface area (Å²) in [4.78, 5) is 276. The molecule has 0 heterocycles. The van der Waals surface area contributed by atoms with Crippen LogP contribution in [0.15, 0.2) is 30.3 Å². The number of amides is 16. The topological polar surface area (TPSA) is 727 Å². The van der Waals surface area contributed by atoms with Crippen LogP contribution in [0.3, 0.4) is 0 Å². The van der Waals surface area contributed by atoms with Crippen LogP contribution in [0.25, 0.3) is 0 Å². The number of carbonyl (C=O) groups excluding carboxylic acids is 16. The molecule has 45 nitrogen and oxygen atoms in total. The highest BCUT2D eigenvalue weighted by Crippen LogP contribution is 2.15. The summed E-state index contributed by atoms with van der Waals surface area (Å²) in [6.07, 6.45) is -11.1. The lowest BCUT2D eigenvalue weighted by Gasteiger charge is -2.29. The van der Waals surface area contributed by atoms with Gasteiger partial charge in [-0.2, -0.15) is 0 Å². The standard InChI is InChI=1S/C71H110N16O29/c1-30(2)22-42(63(108)73-34(8)60(105)85-49(29-88)57(72)102)84-71(116)56(37(11)90)87-69(114)48(28-54(100)101)83-66(111)44(24-32(5)6)81-62(107)41(19-21-51(94)95)77-61(106)40(18-20-50(92)93)78-65(110)43(23-31(3)4)79-58(103)33(7)74-64(109)47(27-53(98)99)80-59(104)35(9)75-70(115)55(36(10)89)86-68(113)45(25-39-16-14-13-15-17-39)82-67(112)46(26-52(96)97)76-38(12)91/h13-17,30-37,40-49,55-56,88-90H,18-29H2,1-12H3,(H2,72,102)(H,73,108)(H,74,109)(H,75,115)(H,76,91)(H,77,106)(H,78,110)(H,79,103)(H,80,104)(H,81,107)(H,82,112)(H,83,111)(H,84,116)(H,85,105)(H,86,113)(H,87,114)(H,92,93)(H,94,95)(H,96,97)(H,98,99)(H,100,101)/t33-,34-,35-,36+,37+,40-,41-,42-,43-,44-,45-,46-,47-,48-,49-,55-,56-/m0/s1. The fraction of sp³-hybridized carbons (Fsp3) is 0.620. The van der Waals surface area contributed by atoms with Crippen molar-refractivity contribution in [2.24, 2.45) is 23.5 Å². The van der Waals surface area contributed by atoms with Crippen molar-refractivity contribution >= 4 is 124 Å². The van der Waals surface area contributed by atoms with Crippen LogP contribution in [0, 0.1) is 17.8 Å². The average molecular weight is 1650 g/mol. The fourth-order valence-corrected chi connectivity index (χ4v) is 10.8. The van der Waals surface area contributed by atoms with Gasteiger partial charge in [0.05, 0.1) is 38.1 Å². The molecule has 0 radical (unpaired) electrons. The molecular formula is C71H110N16O29. The smallest absolute Gasteiger partial charge is 0.305 e. The Morgan fingerprint density at radius 1 is 0.310 bits per heavy atom. The molecule has 0 aliphatic heterocycles. The summed E-state index contributed by atoms with van der Waals surface area (Å²) in [6.45, 7) is 15.0. The maximum absolute atomic E-state index is 14.3. The SMILES string of the molecule is CC(=O)N[C@@H](CC(=O)O)C(=O)N[C@@H](Cc1ccccc1)C(=O)N[C@H](C(=O)N[C@@H](C)C(=O)N[C@@H](CC(=O)O)C(=O)N[C@@H](C)C(=O)N[C@@H](CC(C)C)C(=O)N[C@@H](CCC(=O)O)C(=O)N[C@@H](CCC(=O)O)C(=O)N[C@@H](CC(C)C)C(=O)N[C@@H](CC(=O)O)C(=O)N[C@H](C(=O)N[C@@H](CC(C)C)C(=O)N[C@@H](C)C(=O)N[C@@H](CO)C(N)=O)[C@@H](C)O)[C@@H](C)O. The van der Waals surface area contributed by atoms with Gasteiger partial charge >= 0.3 is 29.8 Å². The molecule has 648 valence electrons. The number of aliphatic hydroxyl groups is 3. The first kappa shape index (κ1) is 102. The van der Waals surface area contributed by atoms with Gasteiger partial charge in [0.1, 0.15) is 90.6 Å². The summed E-state index contributed by atoms with van der Waals surface area (Å²) in [6, 6.07) is -18.6. The number of nitrogens with one attached hydrogen (secondary N) is 15. The van der Waals surface area contributed by atoms with Crippen LogP contribution in [0.4, 0.5) is 0 Å². The van der Waals surface area contributed by atoms with E-state index in [1.807, 2.05) is 0 Å². The first-order chi connectivity index (χ1) is 53.9. The number of primary amides is 1. The maximum atomic E-state index is 14.3. The molecule has 0 aliphatic rings. The highest BCUT2D eigenvalue weighted by molar-refractivity contribution is 6.02. The van der Waals surface area contributed by atoms with E-state index < -0.39 is 291 Å². The van der Waals surface area contributed by atoms with Gasteiger partial charge in [-0.15, -0.1) is 0 Å². The van der Waals surface area contributed by atoms with Gasteiger partial charge in [0.15, 0.2) is 0 Å². The van der Waals surface area contributed by atoms with E-state index in [1.165, 1.54) is 6.92 Å². The van der Waals surface area contributed by atoms with Gasteiger partial charge < -0.3 is 126 Å². The minimum Gasteiger partial charge on any atom is -0.481 e. The van der Waals surface area contributed by atoms with Crippen molar-refractivity contribution in [2.45, 2.75) is 257 Å². The van der Waals surface area contributed by atoms with Crippen molar-refractivity contribution in [1.29, 1.82) is 0 Å². The lowest BCUT2D eigenvalue weighted by atomic mass is 10.0. The maximum Gasteiger partial charge on any atom is 0.305 e. The molecule has 0 saturated heterocycles. The number of aliphatic hydroxyl groups excluding tert-OH is 3. The first-order valence-electron chi connectivity index (χ1n) is 36.8. The Morgan fingerprint density at radius 2 is 0.569 bits per heavy atom. The van der Waals surface area contributed by atoms with E-state index in [-0.39, 0.29) is 31.6 Å². The van der Waals surface area contributed by atoms with Crippen molar-refractivity contribution in [1.82, 2.24) is 79.8 Å². The third kappa shape index (κ3) is 38.7. The van der Waals surface area contributed by atoms with Crippen LogP contribution in [-0.4, -0.2) is 275 Å². The Morgan fingerprint density at radius 3 is 0.905 bits per heavy atom. The van der Waals surface area contributed by atoms with Crippen molar-refractivity contribution in [2.75, 3.05) is 6.61 Å². The summed E-state index contributed by atoms with van der Waals surface area (Å²) in [5.41, 5.74) is 5.60. The Bertz CT molecular complexity index is 3660. The number of nitrogens with two attached hydrogens (primary N) is 1. The number of carboxylic acids is 5. The fourth-order valence-electron chi connectivity index (χ4n) is 10.8. The van der Waals surface area contributed by atoms with Crippen LogP contribution < -0.4 is 85.5 Å². The molecule has 0 aliphatic carbocycles. The summed E-state index contributed by atoms with van der Waals surface area (Å²) in [7, 11) is 0. The molecule has 0 saturated carbocycles. The summed E-state index contributed by atoms with van der Waals surface area (Å²) >= 11 is 0. The number of rotatable bonds is 53.